The number of anilines is 1. The van der Waals surface area contributed by atoms with Crippen molar-refractivity contribution in [2.45, 2.75) is 20.8 Å². The maximum Gasteiger partial charge on any atom is 0.262 e. The van der Waals surface area contributed by atoms with Gasteiger partial charge in [-0.25, -0.2) is 4.39 Å². The molecule has 0 aliphatic rings. The number of halogens is 1. The van der Waals surface area contributed by atoms with Gasteiger partial charge in [-0.2, -0.15) is 0 Å². The molecule has 4 heteroatoms. The van der Waals surface area contributed by atoms with Gasteiger partial charge in [0.1, 0.15) is 11.6 Å². The Hall–Kier alpha value is -2.36. The molecular formula is C17H18FNO2. The van der Waals surface area contributed by atoms with Crippen molar-refractivity contribution in [3.8, 4) is 5.75 Å². The molecule has 0 aliphatic carbocycles. The fourth-order valence-corrected chi connectivity index (χ4v) is 2.03. The Kier molecular flexibility index (Phi) is 4.58. The molecule has 0 saturated heterocycles. The standard InChI is InChI=1S/C17H18FNO2/c1-11-6-12(2)8-15(7-11)21-10-17(20)19-14-5-4-13(3)16(18)9-14/h4-9H,10H2,1-3H3,(H,19,20). The van der Waals surface area contributed by atoms with Crippen LogP contribution in [0, 0.1) is 26.6 Å². The number of hydrogen-bond acceptors (Lipinski definition) is 2. The summed E-state index contributed by atoms with van der Waals surface area (Å²) in [4.78, 5) is 11.8. The van der Waals surface area contributed by atoms with Crippen LogP contribution in [0.15, 0.2) is 36.4 Å². The fraction of sp³-hybridized carbons (Fsp3) is 0.235. The largest absolute Gasteiger partial charge is 0.484 e. The normalized spacial score (nSPS) is 10.3. The maximum absolute atomic E-state index is 13.4. The lowest BCUT2D eigenvalue weighted by molar-refractivity contribution is -0.118. The first-order chi connectivity index (χ1) is 9.94. The first-order valence-electron chi connectivity index (χ1n) is 6.71. The molecule has 0 radical (unpaired) electrons. The van der Waals surface area contributed by atoms with Gasteiger partial charge in [0, 0.05) is 5.69 Å². The van der Waals surface area contributed by atoms with E-state index in [1.165, 1.54) is 6.07 Å². The van der Waals surface area contributed by atoms with Crippen LogP contribution >= 0.6 is 0 Å². The topological polar surface area (TPSA) is 38.3 Å². The van der Waals surface area contributed by atoms with Crippen molar-refractivity contribution in [3.63, 3.8) is 0 Å². The van der Waals surface area contributed by atoms with Crippen LogP contribution in [0.4, 0.5) is 10.1 Å². The van der Waals surface area contributed by atoms with Gasteiger partial charge in [0.05, 0.1) is 0 Å². The molecule has 0 heterocycles. The average Bonchev–Trinajstić information content (AvgIpc) is 2.40. The lowest BCUT2D eigenvalue weighted by atomic mass is 10.1. The highest BCUT2D eigenvalue weighted by molar-refractivity contribution is 5.91. The third-order valence-electron chi connectivity index (χ3n) is 3.02. The zero-order valence-electron chi connectivity index (χ0n) is 12.4. The molecule has 0 saturated carbocycles. The third kappa shape index (κ3) is 4.31. The Bertz CT molecular complexity index is 648. The number of aryl methyl sites for hydroxylation is 3. The summed E-state index contributed by atoms with van der Waals surface area (Å²) in [6, 6.07) is 10.3. The molecule has 0 fully saturated rings. The minimum absolute atomic E-state index is 0.113. The van der Waals surface area contributed by atoms with E-state index < -0.39 is 0 Å². The highest BCUT2D eigenvalue weighted by Gasteiger charge is 2.06. The summed E-state index contributed by atoms with van der Waals surface area (Å²) in [6.07, 6.45) is 0. The molecule has 0 aliphatic heterocycles. The number of hydrogen-bond donors (Lipinski definition) is 1. The van der Waals surface area contributed by atoms with Gasteiger partial charge in [-0.15, -0.1) is 0 Å². The van der Waals surface area contributed by atoms with Crippen molar-refractivity contribution >= 4 is 11.6 Å². The molecule has 0 spiro atoms. The van der Waals surface area contributed by atoms with Crippen molar-refractivity contribution in [3.05, 3.63) is 58.9 Å². The van der Waals surface area contributed by atoms with Crippen LogP contribution in [0.25, 0.3) is 0 Å². The van der Waals surface area contributed by atoms with Crippen LogP contribution in [0.2, 0.25) is 0 Å². The second-order valence-electron chi connectivity index (χ2n) is 5.12. The predicted octanol–water partition coefficient (Wildman–Crippen LogP) is 3.77. The summed E-state index contributed by atoms with van der Waals surface area (Å²) < 4.78 is 18.8. The van der Waals surface area contributed by atoms with E-state index in [4.69, 9.17) is 4.74 Å². The quantitative estimate of drug-likeness (QED) is 0.929. The lowest BCUT2D eigenvalue weighted by Gasteiger charge is -2.09. The second kappa shape index (κ2) is 6.39. The van der Waals surface area contributed by atoms with Crippen molar-refractivity contribution in [1.29, 1.82) is 0 Å². The first-order valence-corrected chi connectivity index (χ1v) is 6.71. The van der Waals surface area contributed by atoms with E-state index >= 15 is 0 Å². The number of carbonyl (C=O) groups excluding carboxylic acids is 1. The van der Waals surface area contributed by atoms with Crippen LogP contribution in [0.1, 0.15) is 16.7 Å². The molecule has 0 atom stereocenters. The molecule has 2 aromatic carbocycles. The smallest absolute Gasteiger partial charge is 0.262 e. The fourth-order valence-electron chi connectivity index (χ4n) is 2.03. The van der Waals surface area contributed by atoms with Gasteiger partial charge in [0.25, 0.3) is 5.91 Å². The average molecular weight is 287 g/mol. The number of rotatable bonds is 4. The summed E-state index contributed by atoms with van der Waals surface area (Å²) in [6.45, 7) is 5.49. The summed E-state index contributed by atoms with van der Waals surface area (Å²) in [5.41, 5.74) is 3.11. The lowest BCUT2D eigenvalue weighted by Crippen LogP contribution is -2.20. The molecule has 3 nitrogen and oxygen atoms in total. The van der Waals surface area contributed by atoms with Crippen molar-refractivity contribution in [2.24, 2.45) is 0 Å². The summed E-state index contributed by atoms with van der Waals surface area (Å²) in [5, 5.41) is 2.61. The Morgan fingerprint density at radius 2 is 1.76 bits per heavy atom. The van der Waals surface area contributed by atoms with Gasteiger partial charge in [-0.1, -0.05) is 12.1 Å². The maximum atomic E-state index is 13.4. The second-order valence-corrected chi connectivity index (χ2v) is 5.12. The van der Waals surface area contributed by atoms with Crippen LogP contribution in [-0.2, 0) is 4.79 Å². The Balaban J connectivity index is 1.94. The van der Waals surface area contributed by atoms with Gasteiger partial charge < -0.3 is 10.1 Å². The van der Waals surface area contributed by atoms with E-state index in [1.54, 1.807) is 19.1 Å². The van der Waals surface area contributed by atoms with E-state index in [0.29, 0.717) is 17.0 Å². The van der Waals surface area contributed by atoms with E-state index in [-0.39, 0.29) is 18.3 Å². The molecular weight excluding hydrogens is 269 g/mol. The van der Waals surface area contributed by atoms with Gasteiger partial charge in [-0.05, 0) is 61.7 Å². The molecule has 0 bridgehead atoms. The van der Waals surface area contributed by atoms with Gasteiger partial charge >= 0.3 is 0 Å². The summed E-state index contributed by atoms with van der Waals surface area (Å²) >= 11 is 0. The van der Waals surface area contributed by atoms with Crippen LogP contribution in [-0.4, -0.2) is 12.5 Å². The Morgan fingerprint density at radius 3 is 2.38 bits per heavy atom. The molecule has 21 heavy (non-hydrogen) atoms. The molecule has 110 valence electrons. The van der Waals surface area contributed by atoms with E-state index in [9.17, 15) is 9.18 Å². The van der Waals surface area contributed by atoms with E-state index in [1.807, 2.05) is 32.0 Å². The Morgan fingerprint density at radius 1 is 1.10 bits per heavy atom. The first kappa shape index (κ1) is 15.0. The number of ether oxygens (including phenoxy) is 1. The van der Waals surface area contributed by atoms with E-state index in [2.05, 4.69) is 5.32 Å². The number of carbonyl (C=O) groups is 1. The van der Waals surface area contributed by atoms with Crippen LogP contribution in [0.5, 0.6) is 5.75 Å². The highest BCUT2D eigenvalue weighted by Crippen LogP contribution is 2.17. The molecule has 0 aromatic heterocycles. The monoisotopic (exact) mass is 287 g/mol. The van der Waals surface area contributed by atoms with Crippen molar-refractivity contribution in [2.75, 3.05) is 11.9 Å². The third-order valence-corrected chi connectivity index (χ3v) is 3.02. The molecule has 0 unspecified atom stereocenters. The number of nitrogens with one attached hydrogen (secondary N) is 1. The van der Waals surface area contributed by atoms with Crippen molar-refractivity contribution in [1.82, 2.24) is 0 Å². The van der Waals surface area contributed by atoms with Crippen LogP contribution in [0.3, 0.4) is 0 Å². The zero-order valence-corrected chi connectivity index (χ0v) is 12.4. The minimum atomic E-state index is -0.344. The summed E-state index contributed by atoms with van der Waals surface area (Å²) in [7, 11) is 0. The number of benzene rings is 2. The molecule has 2 rings (SSSR count). The van der Waals surface area contributed by atoms with Gasteiger partial charge in [-0.3, -0.25) is 4.79 Å². The molecule has 2 aromatic rings. The Labute approximate surface area is 123 Å². The number of amides is 1. The SMILES string of the molecule is Cc1cc(C)cc(OCC(=O)Nc2ccc(C)c(F)c2)c1. The van der Waals surface area contributed by atoms with Crippen molar-refractivity contribution < 1.29 is 13.9 Å². The minimum Gasteiger partial charge on any atom is -0.484 e. The molecule has 1 N–H and O–H groups in total. The van der Waals surface area contributed by atoms with Gasteiger partial charge in [0.2, 0.25) is 0 Å². The van der Waals surface area contributed by atoms with Crippen LogP contribution < -0.4 is 10.1 Å². The zero-order chi connectivity index (χ0) is 15.4. The predicted molar refractivity (Wildman–Crippen MR) is 81.2 cm³/mol. The van der Waals surface area contributed by atoms with Gasteiger partial charge in [0.15, 0.2) is 6.61 Å². The van der Waals surface area contributed by atoms with E-state index in [0.717, 1.165) is 11.1 Å². The highest BCUT2D eigenvalue weighted by atomic mass is 19.1. The molecule has 1 amide bonds. The summed E-state index contributed by atoms with van der Waals surface area (Å²) in [5.74, 6) is -0.0156.